The first-order valence-corrected chi connectivity index (χ1v) is 10.9. The molecule has 4 aromatic rings. The number of hydrogen-bond donors (Lipinski definition) is 1. The standard InChI is InChI=1S/C24H24BClO2S/c1-23(2,27)24(3,4)28-25-16-10-11-17(20(26)14-16)15-9-12-22-19(13-15)18-7-5-6-8-21(18)29-22/h5-14,25,27H,1-4H3. The van der Waals surface area contributed by atoms with Gasteiger partial charge >= 0.3 is 7.48 Å². The molecule has 0 aliphatic heterocycles. The molecule has 148 valence electrons. The molecule has 29 heavy (non-hydrogen) atoms. The van der Waals surface area contributed by atoms with Gasteiger partial charge in [-0.1, -0.05) is 53.5 Å². The SMILES string of the molecule is CC(C)(O)C(C)(C)OBc1ccc(-c2ccc3sc4ccccc4c3c2)c(Cl)c1. The highest BCUT2D eigenvalue weighted by atomic mass is 35.5. The number of fused-ring (bicyclic) bond motifs is 3. The van der Waals surface area contributed by atoms with Gasteiger partial charge in [-0.25, -0.2) is 0 Å². The van der Waals surface area contributed by atoms with Gasteiger partial charge in [0.05, 0.1) is 11.2 Å². The summed E-state index contributed by atoms with van der Waals surface area (Å²) < 4.78 is 8.55. The van der Waals surface area contributed by atoms with Gasteiger partial charge in [-0.15, -0.1) is 11.3 Å². The number of aliphatic hydroxyl groups is 1. The molecular formula is C24H24BClO2S. The number of benzene rings is 3. The number of thiophene rings is 1. The van der Waals surface area contributed by atoms with E-state index in [1.54, 1.807) is 13.8 Å². The Morgan fingerprint density at radius 1 is 0.897 bits per heavy atom. The van der Waals surface area contributed by atoms with Crippen LogP contribution < -0.4 is 5.46 Å². The Hall–Kier alpha value is -1.85. The van der Waals surface area contributed by atoms with Crippen molar-refractivity contribution < 1.29 is 9.76 Å². The summed E-state index contributed by atoms with van der Waals surface area (Å²) >= 11 is 8.46. The first-order valence-electron chi connectivity index (χ1n) is 9.72. The van der Waals surface area contributed by atoms with E-state index in [1.165, 1.54) is 20.2 Å². The lowest BCUT2D eigenvalue weighted by Crippen LogP contribution is -2.49. The third-order valence-electron chi connectivity index (χ3n) is 5.79. The quantitative estimate of drug-likeness (QED) is 0.405. The van der Waals surface area contributed by atoms with Crippen LogP contribution in [0, 0.1) is 0 Å². The van der Waals surface area contributed by atoms with Crippen molar-refractivity contribution in [3.8, 4) is 11.1 Å². The molecule has 0 saturated carbocycles. The molecule has 1 heterocycles. The first kappa shape index (κ1) is 20.4. The molecule has 0 aliphatic rings. The van der Waals surface area contributed by atoms with Gasteiger partial charge in [-0.05, 0) is 57.5 Å². The summed E-state index contributed by atoms with van der Waals surface area (Å²) in [6.07, 6.45) is 0. The molecule has 0 unspecified atom stereocenters. The Balaban J connectivity index is 1.63. The maximum Gasteiger partial charge on any atom is 0.309 e. The summed E-state index contributed by atoms with van der Waals surface area (Å²) in [5, 5.41) is 13.5. The normalized spacial score (nSPS) is 12.6. The lowest BCUT2D eigenvalue weighted by molar-refractivity contribution is -0.0893. The number of hydrogen-bond acceptors (Lipinski definition) is 3. The van der Waals surface area contributed by atoms with E-state index in [4.69, 9.17) is 16.3 Å². The number of rotatable bonds is 5. The fourth-order valence-corrected chi connectivity index (χ4v) is 4.62. The monoisotopic (exact) mass is 422 g/mol. The molecule has 0 amide bonds. The largest absolute Gasteiger partial charge is 0.427 e. The molecule has 0 aliphatic carbocycles. The van der Waals surface area contributed by atoms with Gasteiger partial charge in [0.15, 0.2) is 0 Å². The van der Waals surface area contributed by atoms with Crippen molar-refractivity contribution in [2.45, 2.75) is 38.9 Å². The molecule has 0 saturated heterocycles. The summed E-state index contributed by atoms with van der Waals surface area (Å²) in [5.74, 6) is 0. The molecule has 0 bridgehead atoms. The van der Waals surface area contributed by atoms with Gasteiger partial charge in [-0.3, -0.25) is 0 Å². The van der Waals surface area contributed by atoms with E-state index < -0.39 is 11.2 Å². The molecule has 0 radical (unpaired) electrons. The highest BCUT2D eigenvalue weighted by molar-refractivity contribution is 7.25. The van der Waals surface area contributed by atoms with Crippen LogP contribution in [-0.4, -0.2) is 23.8 Å². The molecule has 0 spiro atoms. The Bertz CT molecular complexity index is 1190. The zero-order valence-electron chi connectivity index (χ0n) is 17.1. The second-order valence-electron chi connectivity index (χ2n) is 8.48. The van der Waals surface area contributed by atoms with Crippen LogP contribution in [0.4, 0.5) is 0 Å². The zero-order chi connectivity index (χ0) is 20.8. The summed E-state index contributed by atoms with van der Waals surface area (Å²) in [6, 6.07) is 21.1. The molecule has 1 N–H and O–H groups in total. The predicted octanol–water partition coefficient (Wildman–Crippen LogP) is 5.92. The van der Waals surface area contributed by atoms with Crippen LogP contribution in [0.2, 0.25) is 5.02 Å². The van der Waals surface area contributed by atoms with Crippen molar-refractivity contribution in [2.24, 2.45) is 0 Å². The Labute approximate surface area is 181 Å². The van der Waals surface area contributed by atoms with Crippen LogP contribution in [0.3, 0.4) is 0 Å². The molecule has 5 heteroatoms. The highest BCUT2D eigenvalue weighted by Crippen LogP contribution is 2.37. The second-order valence-corrected chi connectivity index (χ2v) is 9.97. The third-order valence-corrected chi connectivity index (χ3v) is 7.26. The van der Waals surface area contributed by atoms with E-state index in [-0.39, 0.29) is 0 Å². The second kappa shape index (κ2) is 7.44. The minimum atomic E-state index is -0.935. The predicted molar refractivity (Wildman–Crippen MR) is 128 cm³/mol. The van der Waals surface area contributed by atoms with Crippen molar-refractivity contribution in [3.05, 3.63) is 65.7 Å². The fraction of sp³-hybridized carbons (Fsp3) is 0.250. The highest BCUT2D eigenvalue weighted by Gasteiger charge is 2.35. The van der Waals surface area contributed by atoms with Gasteiger partial charge in [0, 0.05) is 30.8 Å². The van der Waals surface area contributed by atoms with Crippen LogP contribution in [0.5, 0.6) is 0 Å². The van der Waals surface area contributed by atoms with Gasteiger partial charge in [-0.2, -0.15) is 0 Å². The van der Waals surface area contributed by atoms with E-state index in [1.807, 2.05) is 43.4 Å². The van der Waals surface area contributed by atoms with E-state index >= 15 is 0 Å². The fourth-order valence-electron chi connectivity index (χ4n) is 3.22. The van der Waals surface area contributed by atoms with Gasteiger partial charge in [0.2, 0.25) is 0 Å². The summed E-state index contributed by atoms with van der Waals surface area (Å²) in [7, 11) is 0.394. The lowest BCUT2D eigenvalue weighted by atomic mass is 9.82. The molecule has 1 aromatic heterocycles. The van der Waals surface area contributed by atoms with Gasteiger partial charge in [0.25, 0.3) is 0 Å². The van der Waals surface area contributed by atoms with E-state index in [0.717, 1.165) is 16.6 Å². The number of halogens is 1. The Morgan fingerprint density at radius 3 is 2.34 bits per heavy atom. The molecule has 0 atom stereocenters. The lowest BCUT2D eigenvalue weighted by Gasteiger charge is -2.37. The Kier molecular flexibility index (Phi) is 5.24. The van der Waals surface area contributed by atoms with Crippen molar-refractivity contribution >= 4 is 56.1 Å². The maximum atomic E-state index is 10.3. The van der Waals surface area contributed by atoms with Crippen LogP contribution in [0.15, 0.2) is 60.7 Å². The van der Waals surface area contributed by atoms with E-state index in [2.05, 4.69) is 42.5 Å². The van der Waals surface area contributed by atoms with Gasteiger partial charge < -0.3 is 9.76 Å². The first-order chi connectivity index (χ1) is 13.7. The molecule has 3 aromatic carbocycles. The van der Waals surface area contributed by atoms with E-state index in [0.29, 0.717) is 12.5 Å². The summed E-state index contributed by atoms with van der Waals surface area (Å²) in [4.78, 5) is 0. The van der Waals surface area contributed by atoms with Crippen molar-refractivity contribution in [1.29, 1.82) is 0 Å². The molecular weight excluding hydrogens is 399 g/mol. The van der Waals surface area contributed by atoms with Gasteiger partial charge in [0.1, 0.15) is 0 Å². The van der Waals surface area contributed by atoms with E-state index in [9.17, 15) is 5.11 Å². The van der Waals surface area contributed by atoms with Crippen LogP contribution in [-0.2, 0) is 4.65 Å². The van der Waals surface area contributed by atoms with Crippen LogP contribution >= 0.6 is 22.9 Å². The molecule has 0 fully saturated rings. The van der Waals surface area contributed by atoms with Crippen LogP contribution in [0.1, 0.15) is 27.7 Å². The Morgan fingerprint density at radius 2 is 1.62 bits per heavy atom. The van der Waals surface area contributed by atoms with Crippen molar-refractivity contribution in [2.75, 3.05) is 0 Å². The van der Waals surface area contributed by atoms with Crippen LogP contribution in [0.25, 0.3) is 31.3 Å². The minimum Gasteiger partial charge on any atom is -0.427 e. The molecule has 4 rings (SSSR count). The smallest absolute Gasteiger partial charge is 0.309 e. The minimum absolute atomic E-state index is 0.394. The topological polar surface area (TPSA) is 29.5 Å². The molecule has 2 nitrogen and oxygen atoms in total. The third kappa shape index (κ3) is 3.95. The summed E-state index contributed by atoms with van der Waals surface area (Å²) in [6.45, 7) is 7.30. The average Bonchev–Trinajstić information content (AvgIpc) is 3.03. The maximum absolute atomic E-state index is 10.3. The summed E-state index contributed by atoms with van der Waals surface area (Å²) in [5.41, 5.74) is 1.50. The zero-order valence-corrected chi connectivity index (χ0v) is 18.7. The van der Waals surface area contributed by atoms with Crippen molar-refractivity contribution in [1.82, 2.24) is 0 Å². The average molecular weight is 423 g/mol. The van der Waals surface area contributed by atoms with Crippen molar-refractivity contribution in [3.63, 3.8) is 0 Å².